The van der Waals surface area contributed by atoms with Gasteiger partial charge in [0.1, 0.15) is 12.7 Å². The number of likely N-dealkylation sites (tertiary alicyclic amines) is 1. The number of nitrogens with one attached hydrogen (secondary N) is 1. The van der Waals surface area contributed by atoms with E-state index < -0.39 is 0 Å². The summed E-state index contributed by atoms with van der Waals surface area (Å²) >= 11 is 1.24. The van der Waals surface area contributed by atoms with E-state index in [9.17, 15) is 9.59 Å². The van der Waals surface area contributed by atoms with Crippen LogP contribution >= 0.6 is 11.3 Å². The lowest BCUT2D eigenvalue weighted by atomic mass is 10.0. The first-order chi connectivity index (χ1) is 16.2. The predicted molar refractivity (Wildman–Crippen MR) is 127 cm³/mol. The third-order valence-corrected chi connectivity index (χ3v) is 7.08. The first kappa shape index (κ1) is 21.3. The molecule has 2 aromatic rings. The van der Waals surface area contributed by atoms with Crippen molar-refractivity contribution in [1.29, 1.82) is 0 Å². The van der Waals surface area contributed by atoms with Gasteiger partial charge in [-0.1, -0.05) is 18.2 Å². The molecule has 2 amide bonds. The molecule has 2 aliphatic heterocycles. The number of allylic oxidation sites excluding steroid dienone is 5. The van der Waals surface area contributed by atoms with Gasteiger partial charge in [-0.15, -0.1) is 11.3 Å². The van der Waals surface area contributed by atoms with E-state index in [2.05, 4.69) is 26.5 Å². The maximum Gasteiger partial charge on any atom is 0.265 e. The van der Waals surface area contributed by atoms with Gasteiger partial charge in [-0.2, -0.15) is 5.10 Å². The summed E-state index contributed by atoms with van der Waals surface area (Å²) in [6, 6.07) is 3.66. The van der Waals surface area contributed by atoms with E-state index in [0.717, 1.165) is 37.9 Å². The molecule has 0 saturated carbocycles. The highest BCUT2D eigenvalue weighted by Crippen LogP contribution is 2.29. The maximum atomic E-state index is 13.3. The molecule has 4 heterocycles. The van der Waals surface area contributed by atoms with Crippen LogP contribution in [-0.2, 0) is 0 Å². The molecule has 2 unspecified atom stereocenters. The van der Waals surface area contributed by atoms with Gasteiger partial charge in [-0.3, -0.25) is 14.6 Å². The number of amides is 2. The minimum absolute atomic E-state index is 0.0138. The van der Waals surface area contributed by atoms with Gasteiger partial charge in [0.15, 0.2) is 0 Å². The van der Waals surface area contributed by atoms with Gasteiger partial charge < -0.3 is 10.2 Å². The van der Waals surface area contributed by atoms with Crippen LogP contribution in [-0.4, -0.2) is 50.3 Å². The van der Waals surface area contributed by atoms with Crippen molar-refractivity contribution in [3.05, 3.63) is 82.4 Å². The molecule has 1 aliphatic carbocycles. The van der Waals surface area contributed by atoms with E-state index in [4.69, 9.17) is 0 Å². The van der Waals surface area contributed by atoms with Crippen LogP contribution in [0, 0.1) is 0 Å². The lowest BCUT2D eigenvalue weighted by Crippen LogP contribution is -2.36. The highest BCUT2D eigenvalue weighted by molar-refractivity contribution is 7.15. The van der Waals surface area contributed by atoms with Gasteiger partial charge in [0.05, 0.1) is 21.8 Å². The number of hydrogen-bond donors (Lipinski definition) is 1. The monoisotopic (exact) mass is 460 g/mol. The standard InChI is InChI=1S/C24H24N6O2S/c31-23(28-18-5-7-19(8-6-18)30-16-26-15-27-30)21-9-10-22(33-21)24(32)29-14-2-4-20(29)17-3-1-12-25-13-11-17/h1,3,5-7,9-10,12-13,15-16,19-20H,2,4,8,11,14H2,(H,28,31). The molecule has 8 nitrogen and oxygen atoms in total. The van der Waals surface area contributed by atoms with Crippen molar-refractivity contribution < 1.29 is 9.59 Å². The second-order valence-electron chi connectivity index (χ2n) is 8.09. The van der Waals surface area contributed by atoms with Gasteiger partial charge >= 0.3 is 0 Å². The summed E-state index contributed by atoms with van der Waals surface area (Å²) in [5.74, 6) is -0.222. The molecule has 0 aromatic carbocycles. The van der Waals surface area contributed by atoms with Crippen LogP contribution in [0.5, 0.6) is 0 Å². The Balaban J connectivity index is 1.22. The van der Waals surface area contributed by atoms with Crippen LogP contribution in [0.1, 0.15) is 51.1 Å². The quantitative estimate of drug-likeness (QED) is 0.737. The summed E-state index contributed by atoms with van der Waals surface area (Å²) in [5.41, 5.74) is 1.94. The fraction of sp³-hybridized carbons (Fsp3) is 0.292. The van der Waals surface area contributed by atoms with E-state index in [-0.39, 0.29) is 23.9 Å². The molecule has 5 rings (SSSR count). The Labute approximate surface area is 195 Å². The van der Waals surface area contributed by atoms with E-state index in [1.165, 1.54) is 23.2 Å². The zero-order valence-corrected chi connectivity index (χ0v) is 18.8. The van der Waals surface area contributed by atoms with Gasteiger partial charge in [0.25, 0.3) is 11.8 Å². The fourth-order valence-electron chi connectivity index (χ4n) is 4.34. The molecular formula is C24H24N6O2S. The molecule has 2 atom stereocenters. The van der Waals surface area contributed by atoms with Gasteiger partial charge in [0, 0.05) is 31.1 Å². The third-order valence-electron chi connectivity index (χ3n) is 6.01. The van der Waals surface area contributed by atoms with Crippen LogP contribution in [0.15, 0.2) is 77.6 Å². The number of aromatic nitrogens is 3. The van der Waals surface area contributed by atoms with E-state index in [1.807, 2.05) is 35.4 Å². The van der Waals surface area contributed by atoms with Crippen molar-refractivity contribution in [3.8, 4) is 0 Å². The normalized spacial score (nSPS) is 22.1. The Kier molecular flexibility index (Phi) is 6.12. The highest BCUT2D eigenvalue weighted by atomic mass is 32.1. The summed E-state index contributed by atoms with van der Waals surface area (Å²) in [7, 11) is 0. The maximum absolute atomic E-state index is 13.3. The number of hydrogen-bond acceptors (Lipinski definition) is 6. The fourth-order valence-corrected chi connectivity index (χ4v) is 5.20. The molecule has 3 aliphatic rings. The van der Waals surface area contributed by atoms with Crippen molar-refractivity contribution in [3.63, 3.8) is 0 Å². The second-order valence-corrected chi connectivity index (χ2v) is 9.17. The summed E-state index contributed by atoms with van der Waals surface area (Å²) < 4.78 is 1.78. The average Bonchev–Trinajstić information content (AvgIpc) is 3.59. The first-order valence-electron chi connectivity index (χ1n) is 11.0. The first-order valence-corrected chi connectivity index (χ1v) is 11.8. The van der Waals surface area contributed by atoms with Crippen LogP contribution in [0.4, 0.5) is 0 Å². The second kappa shape index (κ2) is 9.50. The molecular weight excluding hydrogens is 436 g/mol. The Morgan fingerprint density at radius 2 is 2.12 bits per heavy atom. The summed E-state index contributed by atoms with van der Waals surface area (Å²) in [4.78, 5) is 37.2. The molecule has 33 heavy (non-hydrogen) atoms. The molecule has 0 bridgehead atoms. The Hall–Kier alpha value is -3.59. The summed E-state index contributed by atoms with van der Waals surface area (Å²) in [6.45, 7) is 0.728. The minimum atomic E-state index is -0.208. The number of rotatable bonds is 5. The van der Waals surface area contributed by atoms with E-state index in [0.29, 0.717) is 9.75 Å². The molecule has 1 N–H and O–H groups in total. The molecule has 0 spiro atoms. The van der Waals surface area contributed by atoms with Crippen molar-refractivity contribution in [2.45, 2.75) is 37.8 Å². The molecule has 1 fully saturated rings. The summed E-state index contributed by atoms with van der Waals surface area (Å²) in [6.07, 6.45) is 20.1. The zero-order chi connectivity index (χ0) is 22.6. The lowest BCUT2D eigenvalue weighted by molar-refractivity contribution is 0.0760. The number of aliphatic imine (C=N–C) groups is 1. The van der Waals surface area contributed by atoms with Crippen molar-refractivity contribution in [2.24, 2.45) is 4.99 Å². The predicted octanol–water partition coefficient (Wildman–Crippen LogP) is 3.67. The molecule has 9 heteroatoms. The number of thiophene rings is 1. The third kappa shape index (κ3) is 4.63. The Bertz CT molecular complexity index is 1190. The smallest absolute Gasteiger partial charge is 0.265 e. The van der Waals surface area contributed by atoms with Gasteiger partial charge in [0.2, 0.25) is 0 Å². The molecule has 0 radical (unpaired) electrons. The summed E-state index contributed by atoms with van der Waals surface area (Å²) in [5, 5.41) is 7.09. The van der Waals surface area contributed by atoms with Gasteiger partial charge in [-0.05, 0) is 49.1 Å². The van der Waals surface area contributed by atoms with Crippen LogP contribution in [0.2, 0.25) is 0 Å². The molecule has 2 aromatic heterocycles. The highest BCUT2D eigenvalue weighted by Gasteiger charge is 2.32. The van der Waals surface area contributed by atoms with E-state index in [1.54, 1.807) is 29.3 Å². The Morgan fingerprint density at radius 3 is 2.94 bits per heavy atom. The van der Waals surface area contributed by atoms with Crippen molar-refractivity contribution >= 4 is 29.4 Å². The minimum Gasteiger partial charge on any atom is -0.331 e. The average molecular weight is 461 g/mol. The lowest BCUT2D eigenvalue weighted by Gasteiger charge is -2.26. The van der Waals surface area contributed by atoms with Gasteiger partial charge in [-0.25, -0.2) is 9.67 Å². The zero-order valence-electron chi connectivity index (χ0n) is 18.0. The SMILES string of the molecule is O=C(NC1=CCC(n2cncn2)C=C1)c1ccc(C(=O)N2CCCC2C2=CC=CN=CC2)s1. The van der Waals surface area contributed by atoms with Crippen molar-refractivity contribution in [2.75, 3.05) is 6.54 Å². The molecule has 168 valence electrons. The van der Waals surface area contributed by atoms with E-state index >= 15 is 0 Å². The van der Waals surface area contributed by atoms with Crippen LogP contribution in [0.25, 0.3) is 0 Å². The number of carbonyl (C=O) groups excluding carboxylic acids is 2. The largest absolute Gasteiger partial charge is 0.331 e. The Morgan fingerprint density at radius 1 is 1.21 bits per heavy atom. The number of nitrogens with zero attached hydrogens (tertiary/aromatic N) is 5. The molecule has 1 saturated heterocycles. The van der Waals surface area contributed by atoms with Crippen LogP contribution < -0.4 is 5.32 Å². The number of carbonyl (C=O) groups is 2. The van der Waals surface area contributed by atoms with Crippen LogP contribution in [0.3, 0.4) is 0 Å². The van der Waals surface area contributed by atoms with Crippen molar-refractivity contribution in [1.82, 2.24) is 25.0 Å². The topological polar surface area (TPSA) is 92.5 Å².